The highest BCUT2D eigenvalue weighted by Gasteiger charge is 2.09. The van der Waals surface area contributed by atoms with E-state index in [1.165, 1.54) is 4.90 Å². The maximum Gasteiger partial charge on any atom is 0.238 e. The second kappa shape index (κ2) is 7.17. The van der Waals surface area contributed by atoms with Gasteiger partial charge in [0.15, 0.2) is 0 Å². The molecule has 0 atom stereocenters. The van der Waals surface area contributed by atoms with E-state index in [4.69, 9.17) is 5.26 Å². The Morgan fingerprint density at radius 2 is 2.00 bits per heavy atom. The minimum Gasteiger partial charge on any atom is -0.349 e. The topological polar surface area (TPSA) is 73.2 Å². The minimum atomic E-state index is -0.339. The number of amides is 2. The lowest BCUT2D eigenvalue weighted by atomic mass is 10.1. The first kappa shape index (κ1) is 14.7. The molecule has 1 rings (SSSR count). The molecule has 2 amide bonds. The van der Waals surface area contributed by atoms with Gasteiger partial charge in [-0.3, -0.25) is 9.59 Å². The van der Waals surface area contributed by atoms with Crippen LogP contribution in [-0.2, 0) is 16.0 Å². The summed E-state index contributed by atoms with van der Waals surface area (Å²) in [5.41, 5.74) is 1.55. The number of carbonyl (C=O) groups excluding carboxylic acids is 2. The minimum absolute atomic E-state index is 0.0400. The number of nitrogens with zero attached hydrogens (tertiary/aromatic N) is 2. The van der Waals surface area contributed by atoms with E-state index in [0.29, 0.717) is 18.5 Å². The molecule has 0 radical (unpaired) electrons. The first-order valence-corrected chi connectivity index (χ1v) is 5.99. The van der Waals surface area contributed by atoms with Gasteiger partial charge in [0.25, 0.3) is 0 Å². The summed E-state index contributed by atoms with van der Waals surface area (Å²) in [6, 6.07) is 9.10. The monoisotopic (exact) mass is 259 g/mol. The lowest BCUT2D eigenvalue weighted by Gasteiger charge is -2.12. The van der Waals surface area contributed by atoms with E-state index in [9.17, 15) is 9.59 Å². The Morgan fingerprint density at radius 1 is 1.32 bits per heavy atom. The van der Waals surface area contributed by atoms with Crippen molar-refractivity contribution in [2.75, 3.05) is 19.4 Å². The second-order valence-electron chi connectivity index (χ2n) is 4.33. The molecule has 0 heterocycles. The predicted octanol–water partition coefficient (Wildman–Crippen LogP) is 1.56. The van der Waals surface area contributed by atoms with Crippen LogP contribution in [0.15, 0.2) is 24.3 Å². The fraction of sp³-hybridized carbons (Fsp3) is 0.357. The molecule has 1 N–H and O–H groups in total. The molecular formula is C14H17N3O2. The van der Waals surface area contributed by atoms with Crippen LogP contribution in [0.2, 0.25) is 0 Å². The largest absolute Gasteiger partial charge is 0.349 e. The molecule has 0 bridgehead atoms. The Bertz CT molecular complexity index is 504. The summed E-state index contributed by atoms with van der Waals surface area (Å²) in [5.74, 6) is -0.299. The van der Waals surface area contributed by atoms with Gasteiger partial charge in [0, 0.05) is 26.2 Å². The molecule has 0 aromatic heterocycles. The Labute approximate surface area is 112 Å². The van der Waals surface area contributed by atoms with E-state index in [1.54, 1.807) is 32.3 Å². The van der Waals surface area contributed by atoms with Crippen molar-refractivity contribution < 1.29 is 9.59 Å². The predicted molar refractivity (Wildman–Crippen MR) is 72.3 cm³/mol. The molecule has 1 aromatic rings. The summed E-state index contributed by atoms with van der Waals surface area (Å²) < 4.78 is 0. The van der Waals surface area contributed by atoms with Crippen molar-refractivity contribution in [2.24, 2.45) is 0 Å². The molecule has 0 aliphatic rings. The number of hydrogen-bond acceptors (Lipinski definition) is 3. The number of nitriles is 1. The molecule has 0 unspecified atom stereocenters. The third kappa shape index (κ3) is 4.80. The fourth-order valence-electron chi connectivity index (χ4n) is 1.59. The Morgan fingerprint density at radius 3 is 2.63 bits per heavy atom. The Hall–Kier alpha value is -2.35. The number of para-hydroxylation sites is 1. The number of benzene rings is 1. The molecule has 0 aliphatic carbocycles. The van der Waals surface area contributed by atoms with Crippen molar-refractivity contribution in [2.45, 2.75) is 19.3 Å². The average molecular weight is 259 g/mol. The van der Waals surface area contributed by atoms with E-state index >= 15 is 0 Å². The Balaban J connectivity index is 2.71. The average Bonchev–Trinajstić information content (AvgIpc) is 2.37. The number of hydrogen-bond donors (Lipinski definition) is 1. The summed E-state index contributed by atoms with van der Waals surface area (Å²) in [5, 5.41) is 11.1. The summed E-state index contributed by atoms with van der Waals surface area (Å²) in [7, 11) is 3.42. The standard InChI is InChI=1S/C14H17N3O2/c1-17(2)14(19)8-7-11-5-3-4-6-12(11)16-13(18)9-10-15/h3-6H,7-9H2,1-2H3,(H,16,18). The zero-order chi connectivity index (χ0) is 14.3. The maximum absolute atomic E-state index is 11.5. The van der Waals surface area contributed by atoms with Gasteiger partial charge in [-0.1, -0.05) is 18.2 Å². The lowest BCUT2D eigenvalue weighted by Crippen LogP contribution is -2.22. The van der Waals surface area contributed by atoms with Gasteiger partial charge in [0.2, 0.25) is 11.8 Å². The smallest absolute Gasteiger partial charge is 0.238 e. The number of anilines is 1. The first-order chi connectivity index (χ1) is 9.04. The Kier molecular flexibility index (Phi) is 5.55. The van der Waals surface area contributed by atoms with Crippen LogP contribution in [0.4, 0.5) is 5.69 Å². The van der Waals surface area contributed by atoms with Crippen LogP contribution in [0, 0.1) is 11.3 Å². The van der Waals surface area contributed by atoms with E-state index in [-0.39, 0.29) is 18.2 Å². The van der Waals surface area contributed by atoms with Crippen molar-refractivity contribution in [1.29, 1.82) is 5.26 Å². The maximum atomic E-state index is 11.5. The quantitative estimate of drug-likeness (QED) is 0.872. The van der Waals surface area contributed by atoms with Gasteiger partial charge in [0.1, 0.15) is 6.42 Å². The summed E-state index contributed by atoms with van der Waals surface area (Å²) >= 11 is 0. The zero-order valence-electron chi connectivity index (χ0n) is 11.1. The van der Waals surface area contributed by atoms with Gasteiger partial charge >= 0.3 is 0 Å². The first-order valence-electron chi connectivity index (χ1n) is 5.99. The molecule has 0 aliphatic heterocycles. The van der Waals surface area contributed by atoms with Crippen LogP contribution in [0.3, 0.4) is 0 Å². The van der Waals surface area contributed by atoms with Gasteiger partial charge < -0.3 is 10.2 Å². The van der Waals surface area contributed by atoms with Crippen LogP contribution < -0.4 is 5.32 Å². The van der Waals surface area contributed by atoms with Gasteiger partial charge in [-0.05, 0) is 18.1 Å². The number of nitrogens with one attached hydrogen (secondary N) is 1. The molecule has 100 valence electrons. The van der Waals surface area contributed by atoms with E-state index in [2.05, 4.69) is 5.32 Å². The van der Waals surface area contributed by atoms with Gasteiger partial charge in [0.05, 0.1) is 6.07 Å². The van der Waals surface area contributed by atoms with Crippen molar-refractivity contribution >= 4 is 17.5 Å². The van der Waals surface area contributed by atoms with Crippen molar-refractivity contribution in [1.82, 2.24) is 4.90 Å². The van der Waals surface area contributed by atoms with E-state index in [0.717, 1.165) is 5.56 Å². The number of rotatable bonds is 5. The molecule has 0 saturated heterocycles. The molecule has 0 saturated carbocycles. The molecule has 5 heteroatoms. The van der Waals surface area contributed by atoms with Gasteiger partial charge in [-0.2, -0.15) is 5.26 Å². The second-order valence-corrected chi connectivity index (χ2v) is 4.33. The van der Waals surface area contributed by atoms with Crippen LogP contribution in [-0.4, -0.2) is 30.8 Å². The van der Waals surface area contributed by atoms with E-state index in [1.807, 2.05) is 12.1 Å². The van der Waals surface area contributed by atoms with Crippen LogP contribution in [0.25, 0.3) is 0 Å². The molecule has 0 fully saturated rings. The molecule has 1 aromatic carbocycles. The van der Waals surface area contributed by atoms with Crippen molar-refractivity contribution in [3.05, 3.63) is 29.8 Å². The van der Waals surface area contributed by atoms with E-state index < -0.39 is 0 Å². The van der Waals surface area contributed by atoms with Crippen LogP contribution in [0.1, 0.15) is 18.4 Å². The summed E-state index contributed by atoms with van der Waals surface area (Å²) in [4.78, 5) is 24.5. The van der Waals surface area contributed by atoms with Crippen molar-refractivity contribution in [3.63, 3.8) is 0 Å². The highest BCUT2D eigenvalue weighted by molar-refractivity contribution is 5.92. The van der Waals surface area contributed by atoms with Crippen LogP contribution >= 0.6 is 0 Å². The van der Waals surface area contributed by atoms with Gasteiger partial charge in [-0.15, -0.1) is 0 Å². The molecule has 5 nitrogen and oxygen atoms in total. The zero-order valence-corrected chi connectivity index (χ0v) is 11.1. The highest BCUT2D eigenvalue weighted by Crippen LogP contribution is 2.17. The number of aryl methyl sites for hydroxylation is 1. The fourth-order valence-corrected chi connectivity index (χ4v) is 1.59. The molecule has 19 heavy (non-hydrogen) atoms. The third-order valence-corrected chi connectivity index (χ3v) is 2.64. The third-order valence-electron chi connectivity index (χ3n) is 2.64. The SMILES string of the molecule is CN(C)C(=O)CCc1ccccc1NC(=O)CC#N. The summed E-state index contributed by atoms with van der Waals surface area (Å²) in [6.07, 6.45) is 0.767. The van der Waals surface area contributed by atoms with Gasteiger partial charge in [-0.25, -0.2) is 0 Å². The molecule has 0 spiro atoms. The molecular weight excluding hydrogens is 242 g/mol. The van der Waals surface area contributed by atoms with Crippen molar-refractivity contribution in [3.8, 4) is 6.07 Å². The normalized spacial score (nSPS) is 9.53. The highest BCUT2D eigenvalue weighted by atomic mass is 16.2. The number of carbonyl (C=O) groups is 2. The summed E-state index contributed by atoms with van der Waals surface area (Å²) in [6.45, 7) is 0. The van der Waals surface area contributed by atoms with Crippen LogP contribution in [0.5, 0.6) is 0 Å². The lowest BCUT2D eigenvalue weighted by molar-refractivity contribution is -0.128.